The number of thioether (sulfide) groups is 1. The fraction of sp³-hybridized carbons (Fsp3) is 0.290. The number of carboxylic acids is 1. The highest BCUT2D eigenvalue weighted by atomic mass is 35.5. The van der Waals surface area contributed by atoms with Crippen molar-refractivity contribution in [2.75, 3.05) is 11.5 Å². The molecule has 0 spiro atoms. The number of aromatic carboxylic acids is 1. The molecule has 3 aromatic carbocycles. The van der Waals surface area contributed by atoms with E-state index in [1.54, 1.807) is 36.0 Å². The highest BCUT2D eigenvalue weighted by molar-refractivity contribution is 7.99. The Morgan fingerprint density at radius 2 is 1.68 bits per heavy atom. The number of halogens is 1. The summed E-state index contributed by atoms with van der Waals surface area (Å²) in [4.78, 5) is 38.2. The van der Waals surface area contributed by atoms with Crippen LogP contribution in [0.1, 0.15) is 58.4 Å². The zero-order valence-corrected chi connectivity index (χ0v) is 23.6. The number of hydrogen-bond donors (Lipinski definition) is 3. The van der Waals surface area contributed by atoms with Crippen molar-refractivity contribution in [1.82, 2.24) is 10.6 Å². The van der Waals surface area contributed by atoms with Crippen LogP contribution in [0.5, 0.6) is 0 Å². The van der Waals surface area contributed by atoms with Gasteiger partial charge in [0.25, 0.3) is 5.91 Å². The van der Waals surface area contributed by atoms with E-state index in [0.29, 0.717) is 41.0 Å². The lowest BCUT2D eigenvalue weighted by molar-refractivity contribution is -0.124. The molecule has 3 N–H and O–H groups in total. The van der Waals surface area contributed by atoms with Crippen LogP contribution in [0.25, 0.3) is 11.1 Å². The van der Waals surface area contributed by atoms with E-state index in [0.717, 1.165) is 17.1 Å². The first-order valence-corrected chi connectivity index (χ1v) is 14.5. The number of nitrogens with zero attached hydrogens (tertiary/aromatic N) is 1. The van der Waals surface area contributed by atoms with Gasteiger partial charge in [-0.05, 0) is 78.1 Å². The van der Waals surface area contributed by atoms with E-state index in [9.17, 15) is 24.8 Å². The Morgan fingerprint density at radius 1 is 1.02 bits per heavy atom. The summed E-state index contributed by atoms with van der Waals surface area (Å²) in [6, 6.07) is 22.3. The fourth-order valence-corrected chi connectivity index (χ4v) is 6.15. The molecule has 0 aromatic heterocycles. The van der Waals surface area contributed by atoms with Gasteiger partial charge in [-0.25, -0.2) is 4.79 Å². The number of nitriles is 1. The molecule has 1 aliphatic rings. The van der Waals surface area contributed by atoms with Gasteiger partial charge in [0.2, 0.25) is 5.91 Å². The van der Waals surface area contributed by atoms with Gasteiger partial charge in [0.05, 0.1) is 11.6 Å². The normalized spacial score (nSPS) is 15.7. The Balaban J connectivity index is 1.54. The first kappa shape index (κ1) is 29.2. The third-order valence-electron chi connectivity index (χ3n) is 7.17. The summed E-state index contributed by atoms with van der Waals surface area (Å²) in [5.41, 5.74) is 1.74. The molecule has 2 amide bonds. The second kappa shape index (κ2) is 13.0. The quantitative estimate of drug-likeness (QED) is 0.292. The van der Waals surface area contributed by atoms with Gasteiger partial charge in [-0.15, -0.1) is 0 Å². The second-order valence-corrected chi connectivity index (χ2v) is 11.6. The number of carbonyl (C=O) groups is 3. The van der Waals surface area contributed by atoms with Crippen molar-refractivity contribution >= 4 is 41.1 Å². The lowest BCUT2D eigenvalue weighted by Crippen LogP contribution is -2.56. The minimum atomic E-state index is -1.06. The smallest absolute Gasteiger partial charge is 0.335 e. The molecule has 1 saturated heterocycles. The number of carboxylic acid groups (broad SMARTS) is 1. The summed E-state index contributed by atoms with van der Waals surface area (Å²) in [7, 11) is 0. The van der Waals surface area contributed by atoms with Crippen LogP contribution >= 0.6 is 23.4 Å². The molecule has 4 rings (SSSR count). The maximum absolute atomic E-state index is 13.5. The molecule has 0 bridgehead atoms. The van der Waals surface area contributed by atoms with Crippen LogP contribution in [-0.2, 0) is 4.79 Å². The van der Waals surface area contributed by atoms with Gasteiger partial charge in [0.15, 0.2) is 0 Å². The monoisotopic (exact) mass is 575 g/mol. The second-order valence-electron chi connectivity index (χ2n) is 9.95. The molecule has 1 fully saturated rings. The lowest BCUT2D eigenvalue weighted by Gasteiger charge is -2.33. The number of hydrogen-bond acceptors (Lipinski definition) is 5. The topological polar surface area (TPSA) is 119 Å². The van der Waals surface area contributed by atoms with Crippen molar-refractivity contribution in [1.29, 1.82) is 5.26 Å². The molecule has 9 heteroatoms. The van der Waals surface area contributed by atoms with Crippen LogP contribution < -0.4 is 10.6 Å². The van der Waals surface area contributed by atoms with E-state index in [1.165, 1.54) is 18.2 Å². The third-order valence-corrected chi connectivity index (χ3v) is 8.49. The number of rotatable bonds is 9. The van der Waals surface area contributed by atoms with Crippen LogP contribution in [0.3, 0.4) is 0 Å². The minimum absolute atomic E-state index is 0.0248. The highest BCUT2D eigenvalue weighted by Crippen LogP contribution is 2.30. The van der Waals surface area contributed by atoms with Gasteiger partial charge >= 0.3 is 5.97 Å². The molecule has 0 aliphatic carbocycles. The van der Waals surface area contributed by atoms with Crippen LogP contribution in [0.2, 0.25) is 5.02 Å². The Labute approximate surface area is 242 Å². The van der Waals surface area contributed by atoms with Gasteiger partial charge in [0, 0.05) is 16.1 Å². The van der Waals surface area contributed by atoms with Crippen molar-refractivity contribution < 1.29 is 19.5 Å². The summed E-state index contributed by atoms with van der Waals surface area (Å²) >= 11 is 8.06. The van der Waals surface area contributed by atoms with E-state index >= 15 is 0 Å². The average molecular weight is 576 g/mol. The van der Waals surface area contributed by atoms with E-state index in [1.807, 2.05) is 37.3 Å². The summed E-state index contributed by atoms with van der Waals surface area (Å²) in [5, 5.41) is 25.4. The maximum Gasteiger partial charge on any atom is 0.335 e. The standard InChI is InChI=1S/C31H30ClN3O4S/c1-20(21-5-3-2-4-6-21)17-27(29(37)35-31(19-33)13-15-40-16-14-31)34-28(36)23-9-7-22(8-10-23)25-18-24(30(38)39)11-12-26(25)32/h2-12,18,20,27H,13-17H2,1H3,(H,34,36)(H,35,37)(H,38,39)/t20-,27-/m0/s1. The Morgan fingerprint density at radius 3 is 2.30 bits per heavy atom. The molecule has 0 saturated carbocycles. The van der Waals surface area contributed by atoms with Gasteiger partial charge < -0.3 is 15.7 Å². The molecule has 3 aromatic rings. The van der Waals surface area contributed by atoms with Crippen LogP contribution in [-0.4, -0.2) is 46.0 Å². The number of nitrogens with one attached hydrogen (secondary N) is 2. The summed E-state index contributed by atoms with van der Waals surface area (Å²) in [6.45, 7) is 2.00. The van der Waals surface area contributed by atoms with E-state index in [2.05, 4.69) is 16.7 Å². The zero-order chi connectivity index (χ0) is 28.7. The van der Waals surface area contributed by atoms with Crippen molar-refractivity contribution in [2.24, 2.45) is 0 Å². The molecule has 1 aliphatic heterocycles. The number of carbonyl (C=O) groups excluding carboxylic acids is 2. The van der Waals surface area contributed by atoms with Crippen LogP contribution in [0.15, 0.2) is 72.8 Å². The molecule has 1 heterocycles. The first-order chi connectivity index (χ1) is 19.2. The summed E-state index contributed by atoms with van der Waals surface area (Å²) < 4.78 is 0. The van der Waals surface area contributed by atoms with Gasteiger partial charge in [0.1, 0.15) is 11.6 Å². The SMILES string of the molecule is C[C@@H](C[C@H](NC(=O)c1ccc(-c2cc(C(=O)O)ccc2Cl)cc1)C(=O)NC1(C#N)CCSCC1)c1ccccc1. The molecular weight excluding hydrogens is 546 g/mol. The minimum Gasteiger partial charge on any atom is -0.478 e. The molecule has 40 heavy (non-hydrogen) atoms. The Hall–Kier alpha value is -3.80. The fourth-order valence-electron chi connectivity index (χ4n) is 4.73. The predicted molar refractivity (Wildman–Crippen MR) is 158 cm³/mol. The van der Waals surface area contributed by atoms with Crippen molar-refractivity contribution in [3.05, 3.63) is 94.5 Å². The number of amides is 2. The van der Waals surface area contributed by atoms with Crippen LogP contribution in [0, 0.1) is 11.3 Å². The molecule has 7 nitrogen and oxygen atoms in total. The predicted octanol–water partition coefficient (Wildman–Crippen LogP) is 5.90. The van der Waals surface area contributed by atoms with Gasteiger partial charge in [-0.3, -0.25) is 9.59 Å². The average Bonchev–Trinajstić information content (AvgIpc) is 2.97. The van der Waals surface area contributed by atoms with E-state index in [-0.39, 0.29) is 17.4 Å². The van der Waals surface area contributed by atoms with Crippen molar-refractivity contribution in [3.8, 4) is 17.2 Å². The third kappa shape index (κ3) is 7.04. The molecule has 2 atom stereocenters. The van der Waals surface area contributed by atoms with Crippen LogP contribution in [0.4, 0.5) is 0 Å². The van der Waals surface area contributed by atoms with E-state index < -0.39 is 23.5 Å². The zero-order valence-electron chi connectivity index (χ0n) is 22.0. The van der Waals surface area contributed by atoms with E-state index in [4.69, 9.17) is 11.6 Å². The molecule has 0 unspecified atom stereocenters. The maximum atomic E-state index is 13.5. The molecular formula is C31H30ClN3O4S. The Bertz CT molecular complexity index is 1420. The van der Waals surface area contributed by atoms with Crippen molar-refractivity contribution in [3.63, 3.8) is 0 Å². The summed E-state index contributed by atoms with van der Waals surface area (Å²) in [6.07, 6.45) is 1.47. The van der Waals surface area contributed by atoms with Gasteiger partial charge in [-0.1, -0.05) is 61.0 Å². The summed E-state index contributed by atoms with van der Waals surface area (Å²) in [5.74, 6) is -0.314. The lowest BCUT2D eigenvalue weighted by atomic mass is 9.90. The highest BCUT2D eigenvalue weighted by Gasteiger charge is 2.36. The van der Waals surface area contributed by atoms with Gasteiger partial charge in [-0.2, -0.15) is 17.0 Å². The molecule has 0 radical (unpaired) electrons. The first-order valence-electron chi connectivity index (χ1n) is 13.0. The van der Waals surface area contributed by atoms with Crippen molar-refractivity contribution in [2.45, 2.75) is 43.7 Å². The largest absolute Gasteiger partial charge is 0.478 e. The molecule has 206 valence electrons. The number of benzene rings is 3. The Kier molecular flexibility index (Phi) is 9.51.